The first kappa shape index (κ1) is 19.4. The number of allylic oxidation sites excluding steroid dienone is 5. The van der Waals surface area contributed by atoms with Gasteiger partial charge < -0.3 is 0 Å². The Hall–Kier alpha value is -1.89. The second kappa shape index (κ2) is 16.1. The normalized spacial score (nSPS) is 10.5. The van der Waals surface area contributed by atoms with Crippen molar-refractivity contribution in [1.29, 1.82) is 0 Å². The van der Waals surface area contributed by atoms with Gasteiger partial charge in [0.25, 0.3) is 0 Å². The Morgan fingerprint density at radius 3 is 2.11 bits per heavy atom. The van der Waals surface area contributed by atoms with Gasteiger partial charge in [0.1, 0.15) is 0 Å². The predicted molar refractivity (Wildman–Crippen MR) is 90.4 cm³/mol. The van der Waals surface area contributed by atoms with Crippen molar-refractivity contribution in [1.82, 2.24) is 0 Å². The molecule has 104 valence electrons. The quantitative estimate of drug-likeness (QED) is 0.454. The number of hydrogen-bond acceptors (Lipinski definition) is 1. The van der Waals surface area contributed by atoms with Crippen LogP contribution in [0.2, 0.25) is 0 Å². The molecule has 0 spiro atoms. The molecule has 19 heavy (non-hydrogen) atoms. The molecular formula is C18H27N. The summed E-state index contributed by atoms with van der Waals surface area (Å²) in [6.07, 6.45) is 9.50. The maximum atomic E-state index is 4.33. The van der Waals surface area contributed by atoms with Crippen molar-refractivity contribution in [3.05, 3.63) is 66.8 Å². The first-order valence-electron chi connectivity index (χ1n) is 6.91. The van der Waals surface area contributed by atoms with Gasteiger partial charge in [0.2, 0.25) is 0 Å². The molecule has 0 atom stereocenters. The SMILES string of the molecule is C=C/C(C=Nc1ccccc1)=C\C=C/C.CC.CC. The van der Waals surface area contributed by atoms with E-state index in [1.807, 2.05) is 89.4 Å². The Kier molecular flexibility index (Phi) is 16.5. The van der Waals surface area contributed by atoms with E-state index in [2.05, 4.69) is 11.6 Å². The molecular weight excluding hydrogens is 230 g/mol. The summed E-state index contributed by atoms with van der Waals surface area (Å²) in [4.78, 5) is 4.33. The van der Waals surface area contributed by atoms with Gasteiger partial charge in [-0.1, -0.05) is 76.8 Å². The number of para-hydroxylation sites is 1. The molecule has 0 heterocycles. The van der Waals surface area contributed by atoms with Gasteiger partial charge in [-0.15, -0.1) is 0 Å². The number of benzene rings is 1. The van der Waals surface area contributed by atoms with Crippen molar-refractivity contribution in [3.63, 3.8) is 0 Å². The molecule has 0 aliphatic heterocycles. The van der Waals surface area contributed by atoms with Gasteiger partial charge in [0.05, 0.1) is 5.69 Å². The highest BCUT2D eigenvalue weighted by molar-refractivity contribution is 5.84. The molecule has 0 aliphatic rings. The summed E-state index contributed by atoms with van der Waals surface area (Å²) < 4.78 is 0. The number of nitrogens with zero attached hydrogens (tertiary/aromatic N) is 1. The van der Waals surface area contributed by atoms with Crippen LogP contribution in [0, 0.1) is 0 Å². The number of rotatable bonds is 4. The third kappa shape index (κ3) is 11.0. The minimum absolute atomic E-state index is 0.950. The summed E-state index contributed by atoms with van der Waals surface area (Å²) in [5, 5.41) is 0. The highest BCUT2D eigenvalue weighted by Crippen LogP contribution is 2.09. The fourth-order valence-corrected chi connectivity index (χ4v) is 1.03. The van der Waals surface area contributed by atoms with Gasteiger partial charge in [0, 0.05) is 6.21 Å². The molecule has 0 unspecified atom stereocenters. The van der Waals surface area contributed by atoms with E-state index < -0.39 is 0 Å². The van der Waals surface area contributed by atoms with Crippen LogP contribution in [0.3, 0.4) is 0 Å². The van der Waals surface area contributed by atoms with Crippen LogP contribution in [0.5, 0.6) is 0 Å². The maximum Gasteiger partial charge on any atom is 0.0629 e. The van der Waals surface area contributed by atoms with Crippen molar-refractivity contribution < 1.29 is 0 Å². The molecule has 0 saturated carbocycles. The topological polar surface area (TPSA) is 12.4 Å². The van der Waals surface area contributed by atoms with Gasteiger partial charge in [-0.2, -0.15) is 0 Å². The summed E-state index contributed by atoms with van der Waals surface area (Å²) in [5.41, 5.74) is 1.95. The molecule has 1 aromatic carbocycles. The van der Waals surface area contributed by atoms with Crippen LogP contribution >= 0.6 is 0 Å². The zero-order chi connectivity index (χ0) is 14.9. The van der Waals surface area contributed by atoms with E-state index in [1.54, 1.807) is 6.08 Å². The molecule has 0 fully saturated rings. The smallest absolute Gasteiger partial charge is 0.0629 e. The molecule has 0 amide bonds. The molecule has 1 aromatic rings. The van der Waals surface area contributed by atoms with Crippen LogP contribution < -0.4 is 0 Å². The second-order valence-corrected chi connectivity index (χ2v) is 2.99. The monoisotopic (exact) mass is 257 g/mol. The number of hydrogen-bond donors (Lipinski definition) is 0. The van der Waals surface area contributed by atoms with E-state index in [4.69, 9.17) is 0 Å². The van der Waals surface area contributed by atoms with Crippen molar-refractivity contribution >= 4 is 11.9 Å². The zero-order valence-corrected chi connectivity index (χ0v) is 12.9. The molecule has 0 aromatic heterocycles. The van der Waals surface area contributed by atoms with E-state index in [-0.39, 0.29) is 0 Å². The Morgan fingerprint density at radius 2 is 1.63 bits per heavy atom. The van der Waals surface area contributed by atoms with Crippen LogP contribution in [0.25, 0.3) is 0 Å². The Balaban J connectivity index is 0. The summed E-state index contributed by atoms with van der Waals surface area (Å²) >= 11 is 0. The lowest BCUT2D eigenvalue weighted by molar-refractivity contribution is 1.50. The molecule has 0 aliphatic carbocycles. The summed E-state index contributed by atoms with van der Waals surface area (Å²) in [6, 6.07) is 9.84. The Bertz CT molecular complexity index is 383. The largest absolute Gasteiger partial charge is 0.256 e. The molecule has 0 radical (unpaired) electrons. The summed E-state index contributed by atoms with van der Waals surface area (Å²) in [6.45, 7) is 13.7. The van der Waals surface area contributed by atoms with Gasteiger partial charge in [-0.25, -0.2) is 0 Å². The lowest BCUT2D eigenvalue weighted by Crippen LogP contribution is -1.77. The van der Waals surface area contributed by atoms with Crippen molar-refractivity contribution in [2.75, 3.05) is 0 Å². The molecule has 0 bridgehead atoms. The maximum absolute atomic E-state index is 4.33. The summed E-state index contributed by atoms with van der Waals surface area (Å²) in [5.74, 6) is 0. The Labute approximate surface area is 119 Å². The van der Waals surface area contributed by atoms with E-state index >= 15 is 0 Å². The van der Waals surface area contributed by atoms with Crippen LogP contribution in [-0.4, -0.2) is 6.21 Å². The van der Waals surface area contributed by atoms with Gasteiger partial charge in [-0.3, -0.25) is 4.99 Å². The fraction of sp³-hybridized carbons (Fsp3) is 0.278. The predicted octanol–water partition coefficient (Wildman–Crippen LogP) is 6.13. The minimum atomic E-state index is 0.950. The van der Waals surface area contributed by atoms with E-state index in [9.17, 15) is 0 Å². The van der Waals surface area contributed by atoms with Crippen LogP contribution in [0.4, 0.5) is 5.69 Å². The van der Waals surface area contributed by atoms with Crippen molar-refractivity contribution in [3.8, 4) is 0 Å². The Morgan fingerprint density at radius 1 is 1.05 bits per heavy atom. The van der Waals surface area contributed by atoms with Crippen LogP contribution in [0.1, 0.15) is 34.6 Å². The standard InChI is InChI=1S/C14H15N.2C2H6/c1-3-5-9-13(4-2)12-15-14-10-7-6-8-11-14;2*1-2/h3-12H,2H2,1H3;2*1-2H3/b5-3-,13-9+,15-12?;;. The average Bonchev–Trinajstić information content (AvgIpc) is 2.52. The van der Waals surface area contributed by atoms with Crippen LogP contribution in [0.15, 0.2) is 71.8 Å². The van der Waals surface area contributed by atoms with Crippen LogP contribution in [-0.2, 0) is 0 Å². The molecule has 0 saturated heterocycles. The summed E-state index contributed by atoms with van der Waals surface area (Å²) in [7, 11) is 0. The minimum Gasteiger partial charge on any atom is -0.256 e. The van der Waals surface area contributed by atoms with E-state index in [0.717, 1.165) is 11.3 Å². The molecule has 1 nitrogen and oxygen atoms in total. The molecule has 1 rings (SSSR count). The first-order chi connectivity index (χ1) is 9.36. The highest BCUT2D eigenvalue weighted by Gasteiger charge is 1.85. The highest BCUT2D eigenvalue weighted by atomic mass is 14.7. The lowest BCUT2D eigenvalue weighted by atomic mass is 10.2. The number of aliphatic imine (C=N–C) groups is 1. The third-order valence-electron chi connectivity index (χ3n) is 1.84. The molecule has 0 N–H and O–H groups in total. The van der Waals surface area contributed by atoms with Crippen molar-refractivity contribution in [2.24, 2.45) is 4.99 Å². The second-order valence-electron chi connectivity index (χ2n) is 2.99. The van der Waals surface area contributed by atoms with Crippen molar-refractivity contribution in [2.45, 2.75) is 34.6 Å². The molecule has 1 heteroatoms. The fourth-order valence-electron chi connectivity index (χ4n) is 1.03. The van der Waals surface area contributed by atoms with Gasteiger partial charge >= 0.3 is 0 Å². The first-order valence-corrected chi connectivity index (χ1v) is 6.91. The van der Waals surface area contributed by atoms with Gasteiger partial charge in [-0.05, 0) is 24.6 Å². The lowest BCUT2D eigenvalue weighted by Gasteiger charge is -1.92. The van der Waals surface area contributed by atoms with E-state index in [0.29, 0.717) is 0 Å². The van der Waals surface area contributed by atoms with Gasteiger partial charge in [0.15, 0.2) is 0 Å². The van der Waals surface area contributed by atoms with E-state index in [1.165, 1.54) is 0 Å². The average molecular weight is 257 g/mol. The third-order valence-corrected chi connectivity index (χ3v) is 1.84. The zero-order valence-electron chi connectivity index (χ0n) is 12.9.